The van der Waals surface area contributed by atoms with Crippen LogP contribution in [0, 0.1) is 0 Å². The largest absolute Gasteiger partial charge is 0.493 e. The van der Waals surface area contributed by atoms with E-state index in [0.717, 1.165) is 0 Å². The minimum absolute atomic E-state index is 0.0246. The summed E-state index contributed by atoms with van der Waals surface area (Å²) in [5.41, 5.74) is 0.407. The molecule has 0 spiro atoms. The van der Waals surface area contributed by atoms with Crippen molar-refractivity contribution in [1.82, 2.24) is 9.97 Å². The molecule has 0 aliphatic carbocycles. The van der Waals surface area contributed by atoms with Crippen LogP contribution >= 0.6 is 0 Å². The summed E-state index contributed by atoms with van der Waals surface area (Å²) in [7, 11) is -1.06. The Morgan fingerprint density at radius 3 is 2.29 bits per heavy atom. The van der Waals surface area contributed by atoms with Crippen LogP contribution in [0.15, 0.2) is 65.8 Å². The molecule has 0 aliphatic heterocycles. The summed E-state index contributed by atoms with van der Waals surface area (Å²) >= 11 is 0. The van der Waals surface area contributed by atoms with Crippen molar-refractivity contribution in [2.24, 2.45) is 0 Å². The van der Waals surface area contributed by atoms with Gasteiger partial charge in [-0.3, -0.25) is 9.52 Å². The zero-order chi connectivity index (χ0) is 22.3. The molecule has 1 heterocycles. The predicted molar refractivity (Wildman–Crippen MR) is 113 cm³/mol. The number of anilines is 2. The molecule has 0 fully saturated rings. The quantitative estimate of drug-likeness (QED) is 0.514. The number of hydrogen-bond donors (Lipinski definition) is 2. The lowest BCUT2D eigenvalue weighted by molar-refractivity contribution is -0.118. The first-order chi connectivity index (χ1) is 14.9. The molecule has 3 rings (SSSR count). The lowest BCUT2D eigenvalue weighted by atomic mass is 10.3. The van der Waals surface area contributed by atoms with Crippen LogP contribution in [-0.4, -0.2) is 45.1 Å². The maximum Gasteiger partial charge on any atom is 0.263 e. The van der Waals surface area contributed by atoms with Crippen LogP contribution in [0.5, 0.6) is 17.4 Å². The third-order valence-corrected chi connectivity index (χ3v) is 5.32. The Balaban J connectivity index is 1.62. The van der Waals surface area contributed by atoms with E-state index in [2.05, 4.69) is 20.0 Å². The van der Waals surface area contributed by atoms with Crippen LogP contribution in [0.1, 0.15) is 0 Å². The number of amides is 1. The van der Waals surface area contributed by atoms with E-state index in [-0.39, 0.29) is 23.2 Å². The molecule has 162 valence electrons. The highest BCUT2D eigenvalue weighted by Crippen LogP contribution is 2.26. The highest BCUT2D eigenvalue weighted by atomic mass is 32.2. The molecule has 2 N–H and O–H groups in total. The van der Waals surface area contributed by atoms with Crippen LogP contribution < -0.4 is 24.2 Å². The zero-order valence-corrected chi connectivity index (χ0v) is 17.5. The molecule has 0 bridgehead atoms. The topological polar surface area (TPSA) is 129 Å². The van der Waals surface area contributed by atoms with Crippen molar-refractivity contribution in [3.8, 4) is 17.4 Å². The fraction of sp³-hybridized carbons (Fsp3) is 0.150. The van der Waals surface area contributed by atoms with Crippen LogP contribution in [0.4, 0.5) is 11.5 Å². The molecule has 3 aromatic rings. The van der Waals surface area contributed by atoms with E-state index in [1.165, 1.54) is 50.9 Å². The van der Waals surface area contributed by atoms with E-state index < -0.39 is 15.9 Å². The summed E-state index contributed by atoms with van der Waals surface area (Å²) in [6.07, 6.45) is 2.72. The van der Waals surface area contributed by atoms with Gasteiger partial charge in [0.15, 0.2) is 18.1 Å². The van der Waals surface area contributed by atoms with E-state index in [0.29, 0.717) is 17.2 Å². The van der Waals surface area contributed by atoms with Crippen molar-refractivity contribution in [2.45, 2.75) is 4.90 Å². The van der Waals surface area contributed by atoms with E-state index in [1.54, 1.807) is 24.3 Å². The Morgan fingerprint density at radius 1 is 0.935 bits per heavy atom. The van der Waals surface area contributed by atoms with Crippen molar-refractivity contribution >= 4 is 27.4 Å². The second kappa shape index (κ2) is 9.76. The fourth-order valence-corrected chi connectivity index (χ4v) is 3.53. The number of nitrogens with one attached hydrogen (secondary N) is 2. The number of carbonyl (C=O) groups excluding carboxylic acids is 1. The SMILES string of the molecule is COc1ccccc1OCC(=O)Nc1ccc(S(=O)(=O)Nc2nccnc2OC)cc1. The summed E-state index contributed by atoms with van der Waals surface area (Å²) in [4.78, 5) is 19.9. The number of rotatable bonds is 9. The number of para-hydroxylation sites is 2. The van der Waals surface area contributed by atoms with Crippen LogP contribution in [0.2, 0.25) is 0 Å². The molecule has 0 saturated heterocycles. The number of methoxy groups -OCH3 is 2. The Hall–Kier alpha value is -3.86. The van der Waals surface area contributed by atoms with Crippen molar-refractivity contribution < 1.29 is 27.4 Å². The van der Waals surface area contributed by atoms with Crippen molar-refractivity contribution in [1.29, 1.82) is 0 Å². The number of ether oxygens (including phenoxy) is 3. The smallest absolute Gasteiger partial charge is 0.263 e. The van der Waals surface area contributed by atoms with Crippen molar-refractivity contribution in [3.63, 3.8) is 0 Å². The molecule has 1 aromatic heterocycles. The first-order valence-electron chi connectivity index (χ1n) is 8.96. The third-order valence-electron chi connectivity index (χ3n) is 3.97. The monoisotopic (exact) mass is 444 g/mol. The Kier molecular flexibility index (Phi) is 6.88. The van der Waals surface area contributed by atoms with Crippen LogP contribution in [-0.2, 0) is 14.8 Å². The highest BCUT2D eigenvalue weighted by molar-refractivity contribution is 7.92. The molecule has 11 heteroatoms. The average Bonchev–Trinajstić information content (AvgIpc) is 2.78. The molecule has 0 aliphatic rings. The molecule has 1 amide bonds. The summed E-state index contributed by atoms with van der Waals surface area (Å²) in [6, 6.07) is 12.6. The summed E-state index contributed by atoms with van der Waals surface area (Å²) < 4.78 is 43.1. The lowest BCUT2D eigenvalue weighted by Gasteiger charge is -2.11. The molecule has 2 aromatic carbocycles. The van der Waals surface area contributed by atoms with E-state index in [4.69, 9.17) is 14.2 Å². The van der Waals surface area contributed by atoms with Gasteiger partial charge in [-0.25, -0.2) is 18.4 Å². The van der Waals surface area contributed by atoms with Gasteiger partial charge in [-0.15, -0.1) is 0 Å². The summed E-state index contributed by atoms with van der Waals surface area (Å²) in [6.45, 7) is -0.242. The van der Waals surface area contributed by atoms with Gasteiger partial charge in [0.25, 0.3) is 21.8 Å². The predicted octanol–water partition coefficient (Wildman–Crippen LogP) is 2.31. The van der Waals surface area contributed by atoms with E-state index in [9.17, 15) is 13.2 Å². The third kappa shape index (κ3) is 5.60. The maximum atomic E-state index is 12.6. The molecule has 0 saturated carbocycles. The highest BCUT2D eigenvalue weighted by Gasteiger charge is 2.18. The first-order valence-corrected chi connectivity index (χ1v) is 10.4. The van der Waals surface area contributed by atoms with Crippen molar-refractivity contribution in [3.05, 3.63) is 60.9 Å². The number of carbonyl (C=O) groups is 1. The van der Waals surface area contributed by atoms with Gasteiger partial charge in [0.2, 0.25) is 5.82 Å². The minimum Gasteiger partial charge on any atom is -0.493 e. The number of hydrogen-bond acceptors (Lipinski definition) is 8. The average molecular weight is 444 g/mol. The zero-order valence-electron chi connectivity index (χ0n) is 16.7. The van der Waals surface area contributed by atoms with Gasteiger partial charge in [0, 0.05) is 18.1 Å². The lowest BCUT2D eigenvalue weighted by Crippen LogP contribution is -2.20. The Morgan fingerprint density at radius 2 is 1.61 bits per heavy atom. The van der Waals surface area contributed by atoms with Gasteiger partial charge in [0.05, 0.1) is 19.1 Å². The van der Waals surface area contributed by atoms with Crippen molar-refractivity contribution in [2.75, 3.05) is 30.9 Å². The summed E-state index contributed by atoms with van der Waals surface area (Å²) in [5, 5.41) is 2.63. The van der Waals surface area contributed by atoms with Gasteiger partial charge < -0.3 is 19.5 Å². The van der Waals surface area contributed by atoms with Gasteiger partial charge in [-0.05, 0) is 36.4 Å². The minimum atomic E-state index is -3.93. The first kappa shape index (κ1) is 21.8. The van der Waals surface area contributed by atoms with Gasteiger partial charge in [-0.2, -0.15) is 0 Å². The van der Waals surface area contributed by atoms with Crippen LogP contribution in [0.3, 0.4) is 0 Å². The van der Waals surface area contributed by atoms with Gasteiger partial charge in [-0.1, -0.05) is 12.1 Å². The number of benzene rings is 2. The standard InChI is InChI=1S/C20H20N4O6S/c1-28-16-5-3-4-6-17(16)30-13-18(25)23-14-7-9-15(10-8-14)31(26,27)24-19-20(29-2)22-12-11-21-19/h3-12H,13H2,1-2H3,(H,21,24)(H,23,25). The Bertz CT molecular complexity index is 1150. The number of sulfonamides is 1. The second-order valence-electron chi connectivity index (χ2n) is 6.03. The molecule has 0 radical (unpaired) electrons. The van der Waals surface area contributed by atoms with Gasteiger partial charge >= 0.3 is 0 Å². The number of aromatic nitrogens is 2. The molecule has 0 unspecified atom stereocenters. The second-order valence-corrected chi connectivity index (χ2v) is 7.71. The number of nitrogens with zero attached hydrogens (tertiary/aromatic N) is 2. The molecular formula is C20H20N4O6S. The molecule has 0 atom stereocenters. The Labute approximate surface area is 179 Å². The maximum absolute atomic E-state index is 12.6. The molecule has 31 heavy (non-hydrogen) atoms. The normalized spacial score (nSPS) is 10.8. The van der Waals surface area contributed by atoms with Crippen LogP contribution in [0.25, 0.3) is 0 Å². The van der Waals surface area contributed by atoms with E-state index in [1.807, 2.05) is 0 Å². The molecular weight excluding hydrogens is 424 g/mol. The van der Waals surface area contributed by atoms with Gasteiger partial charge in [0.1, 0.15) is 0 Å². The summed E-state index contributed by atoms with van der Waals surface area (Å²) in [5.74, 6) is 0.550. The molecule has 10 nitrogen and oxygen atoms in total. The fourth-order valence-electron chi connectivity index (χ4n) is 2.53. The van der Waals surface area contributed by atoms with E-state index >= 15 is 0 Å².